The van der Waals surface area contributed by atoms with Gasteiger partial charge in [0, 0.05) is 49.6 Å². The van der Waals surface area contributed by atoms with Crippen molar-refractivity contribution in [3.05, 3.63) is 16.1 Å². The smallest absolute Gasteiger partial charge is 0.223 e. The van der Waals surface area contributed by atoms with E-state index in [0.29, 0.717) is 19.6 Å². The number of amides is 1. The normalized spacial score (nSPS) is 15.7. The number of aliphatic imine (C=N–C) groups is 1. The van der Waals surface area contributed by atoms with Gasteiger partial charge in [-0.2, -0.15) is 0 Å². The van der Waals surface area contributed by atoms with E-state index in [-0.39, 0.29) is 11.8 Å². The van der Waals surface area contributed by atoms with Crippen LogP contribution in [0.25, 0.3) is 0 Å². The summed E-state index contributed by atoms with van der Waals surface area (Å²) in [6.45, 7) is 7.04. The Morgan fingerprint density at radius 2 is 1.96 bits per heavy atom. The molecular formula is C19H33N5OS. The largest absolute Gasteiger partial charge is 0.357 e. The van der Waals surface area contributed by atoms with Crippen molar-refractivity contribution < 1.29 is 4.79 Å². The summed E-state index contributed by atoms with van der Waals surface area (Å²) >= 11 is 1.77. The quantitative estimate of drug-likeness (QED) is 0.350. The molecular weight excluding hydrogens is 346 g/mol. The van der Waals surface area contributed by atoms with Gasteiger partial charge in [-0.1, -0.05) is 26.2 Å². The predicted octanol–water partition coefficient (Wildman–Crippen LogP) is 2.50. The average molecular weight is 380 g/mol. The molecule has 26 heavy (non-hydrogen) atoms. The maximum absolute atomic E-state index is 12.1. The minimum Gasteiger partial charge on any atom is -0.357 e. The number of hydrogen-bond acceptors (Lipinski definition) is 4. The van der Waals surface area contributed by atoms with Gasteiger partial charge in [-0.05, 0) is 26.2 Å². The SMILES string of the molecule is CCNC(=NCCc1ncc(CC)s1)NCCNC(=O)C1CCCCC1. The molecule has 0 bridgehead atoms. The first kappa shape index (κ1) is 20.7. The highest BCUT2D eigenvalue weighted by Crippen LogP contribution is 2.23. The lowest BCUT2D eigenvalue weighted by molar-refractivity contribution is -0.125. The van der Waals surface area contributed by atoms with Crippen molar-refractivity contribution in [3.63, 3.8) is 0 Å². The number of nitrogens with one attached hydrogen (secondary N) is 3. The van der Waals surface area contributed by atoms with E-state index in [1.807, 2.05) is 6.20 Å². The summed E-state index contributed by atoms with van der Waals surface area (Å²) in [6, 6.07) is 0. The second kappa shape index (κ2) is 11.9. The summed E-state index contributed by atoms with van der Waals surface area (Å²) < 4.78 is 0. The molecule has 0 radical (unpaired) electrons. The molecule has 1 aromatic rings. The van der Waals surface area contributed by atoms with E-state index in [9.17, 15) is 4.79 Å². The molecule has 1 amide bonds. The van der Waals surface area contributed by atoms with Crippen molar-refractivity contribution in [1.82, 2.24) is 20.9 Å². The number of guanidine groups is 1. The third-order valence-corrected chi connectivity index (χ3v) is 5.78. The van der Waals surface area contributed by atoms with Crippen LogP contribution in [0.4, 0.5) is 0 Å². The van der Waals surface area contributed by atoms with Crippen molar-refractivity contribution in [1.29, 1.82) is 0 Å². The standard InChI is InChI=1S/C19H33N5OS/c1-3-16-14-24-17(26-16)10-11-22-19(20-4-2)23-13-12-21-18(25)15-8-6-5-7-9-15/h14-15H,3-13H2,1-2H3,(H,21,25)(H2,20,22,23). The molecule has 1 aromatic heterocycles. The zero-order valence-corrected chi connectivity index (χ0v) is 17.0. The van der Waals surface area contributed by atoms with E-state index in [2.05, 4.69) is 39.8 Å². The number of aromatic nitrogens is 1. The first-order valence-electron chi connectivity index (χ1n) is 9.96. The number of nitrogens with zero attached hydrogens (tertiary/aromatic N) is 2. The number of aryl methyl sites for hydroxylation is 1. The lowest BCUT2D eigenvalue weighted by Gasteiger charge is -2.21. The number of hydrogen-bond donors (Lipinski definition) is 3. The minimum atomic E-state index is 0.212. The number of thiazole rings is 1. The molecule has 1 heterocycles. The monoisotopic (exact) mass is 379 g/mol. The number of carbonyl (C=O) groups excluding carboxylic acids is 1. The van der Waals surface area contributed by atoms with Gasteiger partial charge < -0.3 is 16.0 Å². The Morgan fingerprint density at radius 3 is 2.65 bits per heavy atom. The number of carbonyl (C=O) groups is 1. The van der Waals surface area contributed by atoms with Gasteiger partial charge in [0.05, 0.1) is 5.01 Å². The molecule has 1 aliphatic rings. The fourth-order valence-electron chi connectivity index (χ4n) is 3.11. The van der Waals surface area contributed by atoms with Crippen LogP contribution in [0.15, 0.2) is 11.2 Å². The Morgan fingerprint density at radius 1 is 1.19 bits per heavy atom. The van der Waals surface area contributed by atoms with Crippen LogP contribution in [0.3, 0.4) is 0 Å². The molecule has 0 aliphatic heterocycles. The van der Waals surface area contributed by atoms with Gasteiger partial charge in [-0.3, -0.25) is 9.79 Å². The molecule has 0 aromatic carbocycles. The molecule has 0 spiro atoms. The molecule has 2 rings (SSSR count). The van der Waals surface area contributed by atoms with Crippen LogP contribution in [0, 0.1) is 5.92 Å². The second-order valence-corrected chi connectivity index (χ2v) is 7.84. The van der Waals surface area contributed by atoms with Gasteiger partial charge in [-0.15, -0.1) is 11.3 Å². The lowest BCUT2D eigenvalue weighted by atomic mass is 9.89. The Hall–Kier alpha value is -1.63. The molecule has 7 heteroatoms. The van der Waals surface area contributed by atoms with Gasteiger partial charge in [0.15, 0.2) is 5.96 Å². The van der Waals surface area contributed by atoms with Crippen molar-refractivity contribution in [2.45, 2.75) is 58.8 Å². The minimum absolute atomic E-state index is 0.212. The highest BCUT2D eigenvalue weighted by atomic mass is 32.1. The topological polar surface area (TPSA) is 78.4 Å². The molecule has 3 N–H and O–H groups in total. The van der Waals surface area contributed by atoms with E-state index in [1.165, 1.54) is 24.1 Å². The Balaban J connectivity index is 1.66. The van der Waals surface area contributed by atoms with E-state index in [1.54, 1.807) is 11.3 Å². The summed E-state index contributed by atoms with van der Waals surface area (Å²) in [5.41, 5.74) is 0. The van der Waals surface area contributed by atoms with Crippen molar-refractivity contribution in [2.75, 3.05) is 26.2 Å². The maximum atomic E-state index is 12.1. The van der Waals surface area contributed by atoms with Crippen LogP contribution in [0.5, 0.6) is 0 Å². The summed E-state index contributed by atoms with van der Waals surface area (Å²) in [6.07, 6.45) is 9.59. The first-order chi connectivity index (χ1) is 12.7. The molecule has 1 fully saturated rings. The highest BCUT2D eigenvalue weighted by Gasteiger charge is 2.20. The summed E-state index contributed by atoms with van der Waals surface area (Å²) in [4.78, 5) is 22.5. The predicted molar refractivity (Wildman–Crippen MR) is 109 cm³/mol. The van der Waals surface area contributed by atoms with Crippen LogP contribution >= 0.6 is 11.3 Å². The summed E-state index contributed by atoms with van der Waals surface area (Å²) in [7, 11) is 0. The third kappa shape index (κ3) is 7.32. The average Bonchev–Trinajstić information content (AvgIpc) is 3.13. The molecule has 1 aliphatic carbocycles. The van der Waals surface area contributed by atoms with Gasteiger partial charge in [-0.25, -0.2) is 4.98 Å². The zero-order valence-electron chi connectivity index (χ0n) is 16.1. The lowest BCUT2D eigenvalue weighted by Crippen LogP contribution is -2.42. The third-order valence-electron chi connectivity index (χ3n) is 4.58. The van der Waals surface area contributed by atoms with Crippen LogP contribution in [-0.4, -0.2) is 43.0 Å². The second-order valence-electron chi connectivity index (χ2n) is 6.64. The fourth-order valence-corrected chi connectivity index (χ4v) is 3.96. The van der Waals surface area contributed by atoms with Crippen LogP contribution < -0.4 is 16.0 Å². The Bertz CT molecular complexity index is 566. The molecule has 6 nitrogen and oxygen atoms in total. The van der Waals surface area contributed by atoms with Crippen LogP contribution in [-0.2, 0) is 17.6 Å². The molecule has 0 saturated heterocycles. The Kier molecular flexibility index (Phi) is 9.45. The number of rotatable bonds is 9. The molecule has 0 atom stereocenters. The van der Waals surface area contributed by atoms with E-state index in [0.717, 1.165) is 43.2 Å². The first-order valence-corrected chi connectivity index (χ1v) is 10.8. The molecule has 0 unspecified atom stereocenters. The van der Waals surface area contributed by atoms with Crippen LogP contribution in [0.2, 0.25) is 0 Å². The summed E-state index contributed by atoms with van der Waals surface area (Å²) in [5.74, 6) is 1.23. The molecule has 1 saturated carbocycles. The van der Waals surface area contributed by atoms with Crippen molar-refractivity contribution >= 4 is 23.2 Å². The van der Waals surface area contributed by atoms with Crippen LogP contribution in [0.1, 0.15) is 55.8 Å². The van der Waals surface area contributed by atoms with Gasteiger partial charge >= 0.3 is 0 Å². The fraction of sp³-hybridized carbons (Fsp3) is 0.737. The van der Waals surface area contributed by atoms with Gasteiger partial charge in [0.1, 0.15) is 0 Å². The van der Waals surface area contributed by atoms with E-state index >= 15 is 0 Å². The maximum Gasteiger partial charge on any atom is 0.223 e. The van der Waals surface area contributed by atoms with E-state index in [4.69, 9.17) is 0 Å². The van der Waals surface area contributed by atoms with Gasteiger partial charge in [0.2, 0.25) is 5.91 Å². The Labute approximate surface area is 161 Å². The van der Waals surface area contributed by atoms with Crippen molar-refractivity contribution in [3.8, 4) is 0 Å². The van der Waals surface area contributed by atoms with Gasteiger partial charge in [0.25, 0.3) is 0 Å². The highest BCUT2D eigenvalue weighted by molar-refractivity contribution is 7.11. The van der Waals surface area contributed by atoms with E-state index < -0.39 is 0 Å². The van der Waals surface area contributed by atoms with Crippen molar-refractivity contribution in [2.24, 2.45) is 10.9 Å². The molecule has 146 valence electrons. The summed E-state index contributed by atoms with van der Waals surface area (Å²) in [5, 5.41) is 10.7. The zero-order chi connectivity index (χ0) is 18.6.